The van der Waals surface area contributed by atoms with Crippen molar-refractivity contribution in [3.05, 3.63) is 62.9 Å². The van der Waals surface area contributed by atoms with Gasteiger partial charge < -0.3 is 19.7 Å². The van der Waals surface area contributed by atoms with E-state index in [1.165, 1.54) is 30.9 Å². The number of rotatable bonds is 4. The summed E-state index contributed by atoms with van der Waals surface area (Å²) in [6, 6.07) is 4.70. The first-order valence-electron chi connectivity index (χ1n) is 7.62. The highest BCUT2D eigenvalue weighted by Gasteiger charge is 2.21. The molecule has 27 heavy (non-hydrogen) atoms. The third-order valence-electron chi connectivity index (χ3n) is 4.07. The minimum atomic E-state index is -1.49. The van der Waals surface area contributed by atoms with E-state index in [2.05, 4.69) is 5.32 Å². The van der Waals surface area contributed by atoms with E-state index in [0.29, 0.717) is 0 Å². The van der Waals surface area contributed by atoms with Crippen LogP contribution in [0.4, 0.5) is 14.5 Å². The van der Waals surface area contributed by atoms with E-state index in [0.717, 1.165) is 18.3 Å². The second kappa shape index (κ2) is 6.88. The summed E-state index contributed by atoms with van der Waals surface area (Å²) in [5.74, 6) is -3.02. The van der Waals surface area contributed by atoms with Crippen LogP contribution in [0.25, 0.3) is 16.6 Å². The van der Waals surface area contributed by atoms with Crippen LogP contribution in [0.5, 0.6) is 5.75 Å². The van der Waals surface area contributed by atoms with Crippen molar-refractivity contribution < 1.29 is 23.4 Å². The van der Waals surface area contributed by atoms with Gasteiger partial charge in [-0.2, -0.15) is 0 Å². The molecule has 3 aromatic rings. The number of aromatic carboxylic acids is 1. The highest BCUT2D eigenvalue weighted by atomic mass is 35.5. The van der Waals surface area contributed by atoms with Crippen LogP contribution < -0.4 is 15.5 Å². The molecule has 0 spiro atoms. The molecule has 0 amide bonds. The predicted octanol–water partition coefficient (Wildman–Crippen LogP) is 3.67. The Hall–Kier alpha value is -3.13. The molecule has 0 radical (unpaired) electrons. The smallest absolute Gasteiger partial charge is 0.341 e. The van der Waals surface area contributed by atoms with Crippen molar-refractivity contribution in [3.8, 4) is 11.4 Å². The molecule has 0 saturated carbocycles. The van der Waals surface area contributed by atoms with E-state index >= 15 is 0 Å². The van der Waals surface area contributed by atoms with Gasteiger partial charge in [-0.25, -0.2) is 13.6 Å². The maximum absolute atomic E-state index is 14.3. The zero-order valence-corrected chi connectivity index (χ0v) is 14.9. The average molecular weight is 395 g/mol. The first-order chi connectivity index (χ1) is 12.8. The molecule has 1 heterocycles. The maximum atomic E-state index is 14.3. The molecule has 0 aliphatic heterocycles. The van der Waals surface area contributed by atoms with Crippen LogP contribution in [0.1, 0.15) is 10.4 Å². The number of benzene rings is 2. The highest BCUT2D eigenvalue weighted by Crippen LogP contribution is 2.34. The number of hydrogen-bond donors (Lipinski definition) is 2. The molecule has 0 aliphatic rings. The Morgan fingerprint density at radius 2 is 1.96 bits per heavy atom. The number of aromatic nitrogens is 1. The van der Waals surface area contributed by atoms with Crippen LogP contribution in [0.15, 0.2) is 35.3 Å². The summed E-state index contributed by atoms with van der Waals surface area (Å²) in [5.41, 5.74) is -1.18. The largest absolute Gasteiger partial charge is 0.494 e. The van der Waals surface area contributed by atoms with Crippen LogP contribution in [0.3, 0.4) is 0 Å². The van der Waals surface area contributed by atoms with E-state index in [1.54, 1.807) is 0 Å². The van der Waals surface area contributed by atoms with Crippen molar-refractivity contribution in [1.82, 2.24) is 4.57 Å². The summed E-state index contributed by atoms with van der Waals surface area (Å²) >= 11 is 6.30. The van der Waals surface area contributed by atoms with Crippen LogP contribution in [-0.4, -0.2) is 29.8 Å². The quantitative estimate of drug-likeness (QED) is 0.705. The molecule has 140 valence electrons. The fourth-order valence-electron chi connectivity index (χ4n) is 2.80. The van der Waals surface area contributed by atoms with Gasteiger partial charge in [0.15, 0.2) is 11.6 Å². The Morgan fingerprint density at radius 1 is 1.26 bits per heavy atom. The first kappa shape index (κ1) is 18.7. The minimum absolute atomic E-state index is 0.0607. The zero-order chi connectivity index (χ0) is 19.9. The second-order valence-corrected chi connectivity index (χ2v) is 5.94. The number of nitrogens with zero attached hydrogens (tertiary/aromatic N) is 1. The zero-order valence-electron chi connectivity index (χ0n) is 14.1. The van der Waals surface area contributed by atoms with E-state index in [4.69, 9.17) is 16.3 Å². The summed E-state index contributed by atoms with van der Waals surface area (Å²) in [5, 5.41) is 11.6. The molecular formula is C18H13ClF2N2O4. The lowest BCUT2D eigenvalue weighted by Gasteiger charge is -2.17. The monoisotopic (exact) mass is 394 g/mol. The van der Waals surface area contributed by atoms with Crippen molar-refractivity contribution in [1.29, 1.82) is 0 Å². The molecular weight excluding hydrogens is 382 g/mol. The van der Waals surface area contributed by atoms with Crippen molar-refractivity contribution >= 4 is 34.2 Å². The van der Waals surface area contributed by atoms with E-state index in [1.807, 2.05) is 0 Å². The van der Waals surface area contributed by atoms with Gasteiger partial charge >= 0.3 is 5.97 Å². The molecule has 2 N–H and O–H groups in total. The van der Waals surface area contributed by atoms with Crippen molar-refractivity contribution in [3.63, 3.8) is 0 Å². The number of fused-ring (bicyclic) bond motifs is 1. The summed E-state index contributed by atoms with van der Waals surface area (Å²) in [6.45, 7) is 0. The van der Waals surface area contributed by atoms with Gasteiger partial charge in [-0.15, -0.1) is 0 Å². The number of anilines is 1. The van der Waals surface area contributed by atoms with Gasteiger partial charge in [0.2, 0.25) is 5.43 Å². The summed E-state index contributed by atoms with van der Waals surface area (Å²) in [6.07, 6.45) is 1.06. The van der Waals surface area contributed by atoms with Crippen molar-refractivity contribution in [2.45, 2.75) is 0 Å². The number of carboxylic acids is 1. The normalized spacial score (nSPS) is 10.9. The molecule has 3 rings (SSSR count). The van der Waals surface area contributed by atoms with Gasteiger partial charge in [0.25, 0.3) is 0 Å². The SMILES string of the molecule is CNc1c(F)cc2c(=O)c(C(=O)O)cn(-c3ccc(F)c(OC)c3)c2c1Cl. The van der Waals surface area contributed by atoms with E-state index in [9.17, 15) is 23.5 Å². The molecule has 9 heteroatoms. The van der Waals surface area contributed by atoms with Gasteiger partial charge in [0.1, 0.15) is 11.4 Å². The van der Waals surface area contributed by atoms with Crippen molar-refractivity contribution in [2.75, 3.05) is 19.5 Å². The Labute approximate surface area is 156 Å². The third-order valence-corrected chi connectivity index (χ3v) is 4.44. The predicted molar refractivity (Wildman–Crippen MR) is 97.5 cm³/mol. The molecule has 6 nitrogen and oxygen atoms in total. The van der Waals surface area contributed by atoms with Crippen molar-refractivity contribution in [2.24, 2.45) is 0 Å². The lowest BCUT2D eigenvalue weighted by molar-refractivity contribution is 0.0695. The standard InChI is InChI=1S/C18H13ClF2N2O4/c1-22-15-12(21)6-9-16(14(15)19)23(7-10(17(9)24)18(25)26)8-3-4-11(20)13(5-8)27-2/h3-7,22H,1-2H3,(H,25,26). The molecule has 2 aromatic carbocycles. The number of carbonyl (C=O) groups is 1. The number of methoxy groups -OCH3 is 1. The molecule has 0 fully saturated rings. The molecule has 0 bridgehead atoms. The fraction of sp³-hybridized carbons (Fsp3) is 0.111. The van der Waals surface area contributed by atoms with Gasteiger partial charge in [-0.05, 0) is 18.2 Å². The highest BCUT2D eigenvalue weighted by molar-refractivity contribution is 6.38. The van der Waals surface area contributed by atoms with Crippen LogP contribution in [0.2, 0.25) is 5.02 Å². The topological polar surface area (TPSA) is 80.6 Å². The molecule has 0 saturated heterocycles. The van der Waals surface area contributed by atoms with Gasteiger partial charge in [-0.3, -0.25) is 4.79 Å². The average Bonchev–Trinajstić information content (AvgIpc) is 2.63. The lowest BCUT2D eigenvalue weighted by Crippen LogP contribution is -2.19. The number of hydrogen-bond acceptors (Lipinski definition) is 4. The van der Waals surface area contributed by atoms with Gasteiger partial charge in [0, 0.05) is 25.0 Å². The Balaban J connectivity index is 2.52. The van der Waals surface area contributed by atoms with Crippen LogP contribution >= 0.6 is 11.6 Å². The van der Waals surface area contributed by atoms with E-state index in [-0.39, 0.29) is 33.0 Å². The second-order valence-electron chi connectivity index (χ2n) is 5.56. The molecule has 0 unspecified atom stereocenters. The molecule has 0 aliphatic carbocycles. The maximum Gasteiger partial charge on any atom is 0.341 e. The number of pyridine rings is 1. The Bertz CT molecular complexity index is 1140. The Kier molecular flexibility index (Phi) is 4.75. The summed E-state index contributed by atoms with van der Waals surface area (Å²) in [7, 11) is 2.72. The number of ether oxygens (including phenoxy) is 1. The molecule has 0 atom stereocenters. The van der Waals surface area contributed by atoms with Crippen LogP contribution in [-0.2, 0) is 0 Å². The van der Waals surface area contributed by atoms with Crippen LogP contribution in [0, 0.1) is 11.6 Å². The first-order valence-corrected chi connectivity index (χ1v) is 8.00. The number of carboxylic acid groups (broad SMARTS) is 1. The molecule has 1 aromatic heterocycles. The summed E-state index contributed by atoms with van der Waals surface area (Å²) in [4.78, 5) is 24.0. The fourth-order valence-corrected chi connectivity index (χ4v) is 3.18. The number of nitrogens with one attached hydrogen (secondary N) is 1. The number of halogens is 3. The summed E-state index contributed by atoms with van der Waals surface area (Å²) < 4.78 is 34.3. The minimum Gasteiger partial charge on any atom is -0.494 e. The van der Waals surface area contributed by atoms with E-state index < -0.39 is 28.6 Å². The Morgan fingerprint density at radius 3 is 2.56 bits per heavy atom. The van der Waals surface area contributed by atoms with Gasteiger partial charge in [0.05, 0.1) is 28.7 Å². The van der Waals surface area contributed by atoms with Gasteiger partial charge in [-0.1, -0.05) is 11.6 Å². The third kappa shape index (κ3) is 2.97. The lowest BCUT2D eigenvalue weighted by atomic mass is 10.1.